The number of hydrogen-bond donors (Lipinski definition) is 3. The normalized spacial score (nSPS) is 14.5. The van der Waals surface area contributed by atoms with Crippen LogP contribution in [0.25, 0.3) is 0 Å². The van der Waals surface area contributed by atoms with E-state index in [1.54, 1.807) is 0 Å². The Kier molecular flexibility index (Phi) is 60.3. The van der Waals surface area contributed by atoms with Crippen LogP contribution in [0, 0.1) is 23.7 Å². The van der Waals surface area contributed by atoms with E-state index in [-0.39, 0.29) is 25.7 Å². The monoisotopic (exact) mass is 1340 g/mol. The van der Waals surface area contributed by atoms with Crippen molar-refractivity contribution < 1.29 is 80.2 Å². The molecule has 6 atom stereocenters. The second kappa shape index (κ2) is 61.6. The number of aliphatic hydroxyl groups excluding tert-OH is 1. The molecule has 0 heterocycles. The number of aliphatic hydroxyl groups is 1. The van der Waals surface area contributed by atoms with Crippen LogP contribution in [0.3, 0.4) is 0 Å². The van der Waals surface area contributed by atoms with Crippen LogP contribution in [-0.4, -0.2) is 96.7 Å². The Bertz CT molecular complexity index is 1800. The summed E-state index contributed by atoms with van der Waals surface area (Å²) in [6, 6.07) is 0. The van der Waals surface area contributed by atoms with Gasteiger partial charge < -0.3 is 33.8 Å². The number of unbranched alkanes of at least 4 members (excludes halogenated alkanes) is 34. The van der Waals surface area contributed by atoms with E-state index in [4.69, 9.17) is 37.0 Å². The summed E-state index contributed by atoms with van der Waals surface area (Å²) < 4.78 is 68.3. The summed E-state index contributed by atoms with van der Waals surface area (Å²) in [4.78, 5) is 72.5. The van der Waals surface area contributed by atoms with Crippen LogP contribution < -0.4 is 0 Å². The fourth-order valence-electron chi connectivity index (χ4n) is 10.8. The SMILES string of the molecule is CCC(C)CCCCCCCCC(=O)OC[C@H](COP(=O)(O)OC[C@H](O)COP(=O)(O)OC[C@@H](COC(=O)CCCCCCCCC(C)C)OC(=O)CCCCCCCCCCCCCCCCCCC(C)C)OC(=O)CCCCCCCCCCCCC(C)C. The number of phosphoric acid groups is 2. The highest BCUT2D eigenvalue weighted by molar-refractivity contribution is 7.47. The second-order valence-electron chi connectivity index (χ2n) is 27.6. The number of hydrogen-bond acceptors (Lipinski definition) is 15. The Morgan fingerprint density at radius 1 is 0.308 bits per heavy atom. The van der Waals surface area contributed by atoms with E-state index in [1.165, 1.54) is 148 Å². The molecule has 0 aliphatic carbocycles. The van der Waals surface area contributed by atoms with Gasteiger partial charge in [0.25, 0.3) is 0 Å². The van der Waals surface area contributed by atoms with E-state index in [0.717, 1.165) is 120 Å². The lowest BCUT2D eigenvalue weighted by molar-refractivity contribution is -0.161. The lowest BCUT2D eigenvalue weighted by Gasteiger charge is -2.21. The minimum Gasteiger partial charge on any atom is -0.462 e. The first-order valence-electron chi connectivity index (χ1n) is 37.2. The summed E-state index contributed by atoms with van der Waals surface area (Å²) in [7, 11) is -9.90. The molecule has 0 rings (SSSR count). The molecule has 0 radical (unpaired) electrons. The van der Waals surface area contributed by atoms with E-state index in [2.05, 4.69) is 55.4 Å². The predicted molar refractivity (Wildman–Crippen MR) is 367 cm³/mol. The number of carbonyl (C=O) groups excluding carboxylic acids is 4. The topological polar surface area (TPSA) is 237 Å². The van der Waals surface area contributed by atoms with Crippen LogP contribution in [0.1, 0.15) is 357 Å². The summed E-state index contributed by atoms with van der Waals surface area (Å²) in [6.07, 6.45) is 44.7. The molecule has 0 fully saturated rings. The van der Waals surface area contributed by atoms with Gasteiger partial charge in [-0.2, -0.15) is 0 Å². The van der Waals surface area contributed by atoms with Gasteiger partial charge in [-0.1, -0.05) is 306 Å². The van der Waals surface area contributed by atoms with E-state index < -0.39 is 97.5 Å². The van der Waals surface area contributed by atoms with Gasteiger partial charge in [0.05, 0.1) is 26.4 Å². The number of rotatable bonds is 69. The Morgan fingerprint density at radius 2 is 0.527 bits per heavy atom. The number of phosphoric ester groups is 2. The Labute approximate surface area is 556 Å². The molecule has 0 aliphatic rings. The number of ether oxygens (including phenoxy) is 4. The molecular formula is C72H140O17P2. The first-order chi connectivity index (χ1) is 43.6. The molecule has 0 aromatic heterocycles. The minimum atomic E-state index is -4.95. The Morgan fingerprint density at radius 3 is 0.780 bits per heavy atom. The van der Waals surface area contributed by atoms with Gasteiger partial charge in [-0.25, -0.2) is 9.13 Å². The fourth-order valence-corrected chi connectivity index (χ4v) is 12.4. The van der Waals surface area contributed by atoms with Crippen molar-refractivity contribution in [2.45, 2.75) is 375 Å². The van der Waals surface area contributed by atoms with Crippen molar-refractivity contribution >= 4 is 39.5 Å². The Hall–Kier alpha value is -1.94. The molecule has 0 bridgehead atoms. The maximum absolute atomic E-state index is 13.0. The molecule has 17 nitrogen and oxygen atoms in total. The van der Waals surface area contributed by atoms with Gasteiger partial charge in [0.2, 0.25) is 0 Å². The summed E-state index contributed by atoms with van der Waals surface area (Å²) >= 11 is 0. The first kappa shape index (κ1) is 89.1. The van der Waals surface area contributed by atoms with E-state index in [0.29, 0.717) is 31.6 Å². The van der Waals surface area contributed by atoms with Crippen LogP contribution >= 0.6 is 15.6 Å². The van der Waals surface area contributed by atoms with Crippen LogP contribution in [0.2, 0.25) is 0 Å². The average molecular weight is 1340 g/mol. The third kappa shape index (κ3) is 65.1. The van der Waals surface area contributed by atoms with Gasteiger partial charge in [-0.15, -0.1) is 0 Å². The number of esters is 4. The highest BCUT2D eigenvalue weighted by Gasteiger charge is 2.30. The van der Waals surface area contributed by atoms with Gasteiger partial charge in [0.1, 0.15) is 19.3 Å². The van der Waals surface area contributed by atoms with Crippen molar-refractivity contribution in [2.75, 3.05) is 39.6 Å². The summed E-state index contributed by atoms with van der Waals surface area (Å²) in [5, 5.41) is 10.6. The average Bonchev–Trinajstić information content (AvgIpc) is 2.77. The van der Waals surface area contributed by atoms with E-state index in [9.17, 15) is 43.2 Å². The lowest BCUT2D eigenvalue weighted by Crippen LogP contribution is -2.30. The van der Waals surface area contributed by atoms with Gasteiger partial charge in [-0.3, -0.25) is 37.3 Å². The van der Waals surface area contributed by atoms with Crippen molar-refractivity contribution in [1.29, 1.82) is 0 Å². The molecule has 0 amide bonds. The maximum Gasteiger partial charge on any atom is 0.472 e. The molecule has 19 heteroatoms. The zero-order valence-corrected chi connectivity index (χ0v) is 61.3. The molecule has 91 heavy (non-hydrogen) atoms. The smallest absolute Gasteiger partial charge is 0.462 e. The molecule has 540 valence electrons. The molecule has 0 spiro atoms. The van der Waals surface area contributed by atoms with Crippen LogP contribution in [-0.2, 0) is 65.4 Å². The zero-order chi connectivity index (χ0) is 67.5. The molecule has 0 aromatic rings. The van der Waals surface area contributed by atoms with Gasteiger partial charge in [-0.05, 0) is 49.4 Å². The molecule has 0 aliphatic heterocycles. The van der Waals surface area contributed by atoms with Crippen LogP contribution in [0.15, 0.2) is 0 Å². The van der Waals surface area contributed by atoms with E-state index in [1.807, 2.05) is 0 Å². The van der Waals surface area contributed by atoms with Crippen LogP contribution in [0.4, 0.5) is 0 Å². The zero-order valence-electron chi connectivity index (χ0n) is 59.5. The van der Waals surface area contributed by atoms with Crippen LogP contribution in [0.5, 0.6) is 0 Å². The lowest BCUT2D eigenvalue weighted by atomic mass is 10.00. The highest BCUT2D eigenvalue weighted by Crippen LogP contribution is 2.45. The quantitative estimate of drug-likeness (QED) is 0.0222. The van der Waals surface area contributed by atoms with Crippen molar-refractivity contribution in [3.63, 3.8) is 0 Å². The van der Waals surface area contributed by atoms with Gasteiger partial charge >= 0.3 is 39.5 Å². The van der Waals surface area contributed by atoms with Gasteiger partial charge in [0.15, 0.2) is 12.2 Å². The van der Waals surface area contributed by atoms with Crippen molar-refractivity contribution in [2.24, 2.45) is 23.7 Å². The summed E-state index contributed by atoms with van der Waals surface area (Å²) in [5.74, 6) is 0.841. The van der Waals surface area contributed by atoms with Crippen molar-refractivity contribution in [3.8, 4) is 0 Å². The molecular weight excluding hydrogens is 1200 g/mol. The third-order valence-electron chi connectivity index (χ3n) is 16.9. The number of carbonyl (C=O) groups is 4. The molecule has 3 N–H and O–H groups in total. The standard InChI is InChI=1S/C72H140O17P2/c1-9-65(8)51-43-35-29-31-37-45-53-70(75)83-59-68(89-72(77)55-47-39-27-23-19-18-21-25-33-41-49-63(4)5)61-87-91(80,81)85-57-66(73)56-84-90(78,79)86-60-67(58-82-69(74)52-44-36-30-28-34-42-50-64(6)7)88-71(76)54-46-38-26-22-17-15-13-11-10-12-14-16-20-24-32-40-48-62(2)3/h62-68,73H,9-61H2,1-8H3,(H,78,79)(H,80,81)/t65?,66-,67-,68-/m1/s1. The predicted octanol–water partition coefficient (Wildman–Crippen LogP) is 20.5. The molecule has 3 unspecified atom stereocenters. The largest absolute Gasteiger partial charge is 0.472 e. The van der Waals surface area contributed by atoms with Crippen molar-refractivity contribution in [1.82, 2.24) is 0 Å². The van der Waals surface area contributed by atoms with Crippen molar-refractivity contribution in [3.05, 3.63) is 0 Å². The third-order valence-corrected chi connectivity index (χ3v) is 18.8. The Balaban J connectivity index is 5.20. The van der Waals surface area contributed by atoms with Gasteiger partial charge in [0, 0.05) is 25.7 Å². The molecule has 0 aromatic carbocycles. The van der Waals surface area contributed by atoms with E-state index >= 15 is 0 Å². The highest BCUT2D eigenvalue weighted by atomic mass is 31.2. The maximum atomic E-state index is 13.0. The first-order valence-corrected chi connectivity index (χ1v) is 40.2. The molecule has 0 saturated carbocycles. The summed E-state index contributed by atoms with van der Waals surface area (Å²) in [6.45, 7) is 14.1. The summed E-state index contributed by atoms with van der Waals surface area (Å²) in [5.41, 5.74) is 0. The second-order valence-corrected chi connectivity index (χ2v) is 30.6. The fraction of sp³-hybridized carbons (Fsp3) is 0.944. The minimum absolute atomic E-state index is 0.104. The molecule has 0 saturated heterocycles.